The second-order valence-corrected chi connectivity index (χ2v) is 4.48. The monoisotopic (exact) mass is 253 g/mol. The molecule has 5 heteroatoms. The molecule has 0 bridgehead atoms. The Balaban J connectivity index is 1.74. The number of imidazole rings is 1. The van der Waals surface area contributed by atoms with Gasteiger partial charge in [-0.3, -0.25) is 5.41 Å². The van der Waals surface area contributed by atoms with E-state index in [2.05, 4.69) is 39.2 Å². The van der Waals surface area contributed by atoms with E-state index in [9.17, 15) is 0 Å². The first-order chi connectivity index (χ1) is 9.34. The maximum atomic E-state index is 7.69. The molecule has 0 spiro atoms. The standard InChI is InChI=1S/C14H15N5/c15-13-12-14(17-9-16-12)19(10-18-13)8-4-7-11-5-2-1-3-6-11/h1-3,5-6,9-10,15H,4,7-8H2,(H,16,17). The third-order valence-corrected chi connectivity index (χ3v) is 3.16. The maximum Gasteiger partial charge on any atom is 0.173 e. The lowest BCUT2D eigenvalue weighted by molar-refractivity contribution is 0.641. The highest BCUT2D eigenvalue weighted by Gasteiger charge is 2.03. The number of hydrogen-bond acceptors (Lipinski definition) is 3. The molecular weight excluding hydrogens is 238 g/mol. The van der Waals surface area contributed by atoms with E-state index >= 15 is 0 Å². The topological polar surface area (TPSA) is 70.3 Å². The third kappa shape index (κ3) is 2.40. The van der Waals surface area contributed by atoms with Crippen LogP contribution in [0.15, 0.2) is 43.0 Å². The van der Waals surface area contributed by atoms with E-state index in [0.29, 0.717) is 5.52 Å². The number of aromatic amines is 1. The molecule has 0 saturated carbocycles. The van der Waals surface area contributed by atoms with Gasteiger partial charge in [-0.25, -0.2) is 9.97 Å². The summed E-state index contributed by atoms with van der Waals surface area (Å²) < 4.78 is 1.99. The van der Waals surface area contributed by atoms with Gasteiger partial charge in [0.15, 0.2) is 11.1 Å². The third-order valence-electron chi connectivity index (χ3n) is 3.16. The summed E-state index contributed by atoms with van der Waals surface area (Å²) in [6.45, 7) is 0.851. The summed E-state index contributed by atoms with van der Waals surface area (Å²) in [5.41, 5.74) is 3.08. The van der Waals surface area contributed by atoms with Gasteiger partial charge in [0.1, 0.15) is 5.52 Å². The van der Waals surface area contributed by atoms with Crippen molar-refractivity contribution in [3.63, 3.8) is 0 Å². The minimum Gasteiger partial charge on any atom is -0.340 e. The number of rotatable bonds is 4. The Labute approximate surface area is 110 Å². The number of H-pyrrole nitrogens is 1. The molecule has 3 aromatic rings. The second kappa shape index (κ2) is 5.06. The molecule has 19 heavy (non-hydrogen) atoms. The molecule has 0 saturated heterocycles. The van der Waals surface area contributed by atoms with Crippen LogP contribution in [0.4, 0.5) is 0 Å². The highest BCUT2D eigenvalue weighted by atomic mass is 15.1. The summed E-state index contributed by atoms with van der Waals surface area (Å²) in [5, 5.41) is 7.69. The predicted molar refractivity (Wildman–Crippen MR) is 72.5 cm³/mol. The predicted octanol–water partition coefficient (Wildman–Crippen LogP) is 1.87. The van der Waals surface area contributed by atoms with Gasteiger partial charge in [-0.2, -0.15) is 0 Å². The number of benzene rings is 1. The summed E-state index contributed by atoms with van der Waals surface area (Å²) in [7, 11) is 0. The lowest BCUT2D eigenvalue weighted by Crippen LogP contribution is -2.13. The summed E-state index contributed by atoms with van der Waals surface area (Å²) in [4.78, 5) is 11.3. The first kappa shape index (κ1) is 11.6. The second-order valence-electron chi connectivity index (χ2n) is 4.48. The Morgan fingerprint density at radius 1 is 1.16 bits per heavy atom. The fraction of sp³-hybridized carbons (Fsp3) is 0.214. The number of aromatic nitrogens is 4. The summed E-state index contributed by atoms with van der Waals surface area (Å²) in [5.74, 6) is 0. The van der Waals surface area contributed by atoms with Gasteiger partial charge >= 0.3 is 0 Å². The van der Waals surface area contributed by atoms with E-state index in [1.54, 1.807) is 12.7 Å². The van der Waals surface area contributed by atoms with Crippen molar-refractivity contribution in [2.24, 2.45) is 0 Å². The molecule has 2 heterocycles. The van der Waals surface area contributed by atoms with Crippen LogP contribution in [0.25, 0.3) is 11.2 Å². The Morgan fingerprint density at radius 3 is 2.84 bits per heavy atom. The summed E-state index contributed by atoms with van der Waals surface area (Å²) in [6, 6.07) is 10.4. The first-order valence-corrected chi connectivity index (χ1v) is 6.31. The smallest absolute Gasteiger partial charge is 0.173 e. The maximum absolute atomic E-state index is 7.69. The first-order valence-electron chi connectivity index (χ1n) is 6.31. The SMILES string of the molecule is N=c1ncn(CCCc2ccccc2)c2nc[nH]c12. The molecule has 0 atom stereocenters. The van der Waals surface area contributed by atoms with Crippen LogP contribution in [0, 0.1) is 5.41 Å². The highest BCUT2D eigenvalue weighted by molar-refractivity contribution is 5.68. The molecule has 0 aliphatic rings. The van der Waals surface area contributed by atoms with Crippen molar-refractivity contribution < 1.29 is 0 Å². The molecule has 0 fully saturated rings. The molecule has 3 rings (SSSR count). The molecule has 0 radical (unpaired) electrons. The van der Waals surface area contributed by atoms with E-state index < -0.39 is 0 Å². The van der Waals surface area contributed by atoms with Crippen LogP contribution in [0.3, 0.4) is 0 Å². The number of nitrogens with one attached hydrogen (secondary N) is 2. The quantitative estimate of drug-likeness (QED) is 0.745. The van der Waals surface area contributed by atoms with Crippen molar-refractivity contribution in [3.8, 4) is 0 Å². The lowest BCUT2D eigenvalue weighted by atomic mass is 10.1. The van der Waals surface area contributed by atoms with Crippen LogP contribution < -0.4 is 5.49 Å². The van der Waals surface area contributed by atoms with E-state index in [0.717, 1.165) is 25.0 Å². The summed E-state index contributed by atoms with van der Waals surface area (Å²) in [6.07, 6.45) is 5.35. The van der Waals surface area contributed by atoms with E-state index in [1.807, 2.05) is 10.6 Å². The Kier molecular flexibility index (Phi) is 3.10. The van der Waals surface area contributed by atoms with Crippen LogP contribution in [0.5, 0.6) is 0 Å². The Hall–Kier alpha value is -2.43. The van der Waals surface area contributed by atoms with Gasteiger partial charge in [-0.15, -0.1) is 0 Å². The normalized spacial score (nSPS) is 10.9. The number of fused-ring (bicyclic) bond motifs is 1. The van der Waals surface area contributed by atoms with Crippen molar-refractivity contribution in [1.29, 1.82) is 5.41 Å². The van der Waals surface area contributed by atoms with Gasteiger partial charge in [0.25, 0.3) is 0 Å². The van der Waals surface area contributed by atoms with Crippen LogP contribution >= 0.6 is 0 Å². The molecule has 1 aromatic carbocycles. The zero-order valence-corrected chi connectivity index (χ0v) is 10.5. The molecule has 0 unspecified atom stereocenters. The fourth-order valence-corrected chi connectivity index (χ4v) is 2.19. The van der Waals surface area contributed by atoms with Crippen molar-refractivity contribution in [3.05, 3.63) is 54.0 Å². The fourth-order valence-electron chi connectivity index (χ4n) is 2.19. The van der Waals surface area contributed by atoms with Crippen LogP contribution in [0.1, 0.15) is 12.0 Å². The number of hydrogen-bond donors (Lipinski definition) is 2. The molecule has 0 aliphatic carbocycles. The van der Waals surface area contributed by atoms with Gasteiger partial charge in [0.05, 0.1) is 12.7 Å². The van der Waals surface area contributed by atoms with Gasteiger partial charge < -0.3 is 9.55 Å². The zero-order chi connectivity index (χ0) is 13.1. The van der Waals surface area contributed by atoms with Crippen molar-refractivity contribution in [1.82, 2.24) is 19.5 Å². The van der Waals surface area contributed by atoms with Crippen molar-refractivity contribution >= 4 is 11.2 Å². The minimum absolute atomic E-state index is 0.242. The van der Waals surface area contributed by atoms with E-state index in [1.165, 1.54) is 5.56 Å². The largest absolute Gasteiger partial charge is 0.340 e. The summed E-state index contributed by atoms with van der Waals surface area (Å²) >= 11 is 0. The average Bonchev–Trinajstić information content (AvgIpc) is 2.93. The van der Waals surface area contributed by atoms with Gasteiger partial charge in [-0.05, 0) is 18.4 Å². The molecule has 96 valence electrons. The van der Waals surface area contributed by atoms with Crippen molar-refractivity contribution in [2.45, 2.75) is 19.4 Å². The number of aryl methyl sites for hydroxylation is 2. The van der Waals surface area contributed by atoms with Gasteiger partial charge in [0.2, 0.25) is 0 Å². The van der Waals surface area contributed by atoms with E-state index in [4.69, 9.17) is 5.41 Å². The Bertz CT molecular complexity index is 726. The zero-order valence-electron chi connectivity index (χ0n) is 10.5. The molecule has 5 nitrogen and oxygen atoms in total. The molecule has 2 aromatic heterocycles. The van der Waals surface area contributed by atoms with Crippen LogP contribution in [-0.2, 0) is 13.0 Å². The lowest BCUT2D eigenvalue weighted by Gasteiger charge is -2.06. The van der Waals surface area contributed by atoms with Gasteiger partial charge in [-0.1, -0.05) is 30.3 Å². The molecule has 2 N–H and O–H groups in total. The van der Waals surface area contributed by atoms with Gasteiger partial charge in [0, 0.05) is 6.54 Å². The van der Waals surface area contributed by atoms with Crippen molar-refractivity contribution in [2.75, 3.05) is 0 Å². The number of nitrogens with zero attached hydrogens (tertiary/aromatic N) is 3. The molecule has 0 aliphatic heterocycles. The van der Waals surface area contributed by atoms with E-state index in [-0.39, 0.29) is 5.49 Å². The average molecular weight is 253 g/mol. The molecule has 0 amide bonds. The molecular formula is C14H15N5. The Morgan fingerprint density at radius 2 is 2.00 bits per heavy atom. The van der Waals surface area contributed by atoms with Crippen LogP contribution in [-0.4, -0.2) is 19.5 Å². The minimum atomic E-state index is 0.242. The van der Waals surface area contributed by atoms with Crippen LogP contribution in [0.2, 0.25) is 0 Å². The highest BCUT2D eigenvalue weighted by Crippen LogP contribution is 2.07.